The topological polar surface area (TPSA) is 121 Å². The Labute approximate surface area is 329 Å². The van der Waals surface area contributed by atoms with Crippen LogP contribution in [0.25, 0.3) is 0 Å². The Morgan fingerprint density at radius 1 is 0.519 bits per heavy atom. The van der Waals surface area contributed by atoms with Gasteiger partial charge in [-0.1, -0.05) is 136 Å². The van der Waals surface area contributed by atoms with Gasteiger partial charge in [-0.2, -0.15) is 0 Å². The van der Waals surface area contributed by atoms with Crippen molar-refractivity contribution in [3.8, 4) is 0 Å². The van der Waals surface area contributed by atoms with E-state index in [2.05, 4.69) is 25.8 Å². The van der Waals surface area contributed by atoms with E-state index in [1.807, 2.05) is 0 Å². The van der Waals surface area contributed by atoms with Crippen molar-refractivity contribution in [3.05, 3.63) is 24.0 Å². The Hall–Kier alpha value is -2.84. The lowest BCUT2D eigenvalue weighted by atomic mass is 10.0. The largest absolute Gasteiger partial charge is 0.466 e. The maximum Gasteiger partial charge on any atom is 0.355 e. The van der Waals surface area contributed by atoms with Gasteiger partial charge in [0.05, 0.1) is 19.8 Å². The average Bonchev–Trinajstić information content (AvgIpc) is 3.72. The van der Waals surface area contributed by atoms with E-state index in [-0.39, 0.29) is 49.1 Å². The molecule has 0 radical (unpaired) electrons. The zero-order valence-electron chi connectivity index (χ0n) is 34.8. The number of hydrogen-bond donors (Lipinski definition) is 1. The molecule has 312 valence electrons. The van der Waals surface area contributed by atoms with Gasteiger partial charge in [0.25, 0.3) is 0 Å². The molecule has 0 saturated carbocycles. The minimum absolute atomic E-state index is 0.102. The summed E-state index contributed by atoms with van der Waals surface area (Å²) in [6, 6.07) is 3.50. The lowest BCUT2D eigenvalue weighted by Gasteiger charge is -2.18. The molecule has 9 nitrogen and oxygen atoms in total. The lowest BCUT2D eigenvalue weighted by Crippen LogP contribution is -2.21. The SMILES string of the molecule is CCCCCCCCCCCC[C@@H](CCCOC(=O)CCCCC(COC(=O)CCCCCCC)COC(=O)CCCCCCC)OC(=O)c1ccc[nH]1. The highest BCUT2D eigenvalue weighted by molar-refractivity contribution is 5.87. The normalized spacial score (nSPS) is 11.8. The highest BCUT2D eigenvalue weighted by atomic mass is 16.6. The third-order valence-corrected chi connectivity index (χ3v) is 10.1. The fourth-order valence-corrected chi connectivity index (χ4v) is 6.59. The number of rotatable bonds is 38. The van der Waals surface area contributed by atoms with Crippen LogP contribution in [0.15, 0.2) is 18.3 Å². The number of hydrogen-bond acceptors (Lipinski definition) is 8. The van der Waals surface area contributed by atoms with Gasteiger partial charge in [-0.15, -0.1) is 0 Å². The first kappa shape index (κ1) is 49.2. The second-order valence-corrected chi connectivity index (χ2v) is 15.3. The van der Waals surface area contributed by atoms with Crippen LogP contribution in [-0.2, 0) is 33.3 Å². The molecule has 0 aromatic carbocycles. The first-order valence-electron chi connectivity index (χ1n) is 22.2. The number of unbranched alkanes of at least 4 members (excludes halogenated alkanes) is 18. The molecule has 0 bridgehead atoms. The number of carbonyl (C=O) groups excluding carboxylic acids is 4. The van der Waals surface area contributed by atoms with Crippen molar-refractivity contribution in [3.63, 3.8) is 0 Å². The summed E-state index contributed by atoms with van der Waals surface area (Å²) in [5.74, 6) is -1.10. The highest BCUT2D eigenvalue weighted by Gasteiger charge is 2.18. The Morgan fingerprint density at radius 2 is 0.944 bits per heavy atom. The standard InChI is InChI=1S/C45H79NO8/c1-4-7-10-13-14-15-16-17-20-21-29-40(54-45(50)41-31-26-35-46-41)30-27-36-51-42(47)34-25-24-28-39(37-52-43(48)32-22-18-11-8-5-2)38-53-44(49)33-23-19-12-9-6-3/h26,31,35,39-40,46H,4-25,27-30,32-34,36-38H2,1-3H3/t40-/m0/s1. The van der Waals surface area contributed by atoms with Crippen molar-refractivity contribution in [2.45, 2.75) is 213 Å². The van der Waals surface area contributed by atoms with Crippen molar-refractivity contribution in [1.29, 1.82) is 0 Å². The van der Waals surface area contributed by atoms with Crippen molar-refractivity contribution in [2.75, 3.05) is 19.8 Å². The van der Waals surface area contributed by atoms with Gasteiger partial charge in [0.15, 0.2) is 0 Å². The number of aromatic amines is 1. The number of nitrogens with one attached hydrogen (secondary N) is 1. The molecule has 0 aliphatic carbocycles. The molecule has 1 atom stereocenters. The summed E-state index contributed by atoms with van der Waals surface area (Å²) in [6.45, 7) is 7.31. The number of aromatic nitrogens is 1. The van der Waals surface area contributed by atoms with Crippen molar-refractivity contribution >= 4 is 23.9 Å². The molecule has 1 heterocycles. The van der Waals surface area contributed by atoms with Crippen LogP contribution >= 0.6 is 0 Å². The molecule has 0 unspecified atom stereocenters. The molecule has 0 aliphatic heterocycles. The van der Waals surface area contributed by atoms with Gasteiger partial charge in [-0.3, -0.25) is 14.4 Å². The van der Waals surface area contributed by atoms with Gasteiger partial charge in [-0.05, 0) is 63.5 Å². The molecule has 0 amide bonds. The summed E-state index contributed by atoms with van der Waals surface area (Å²) in [6.07, 6.45) is 30.0. The van der Waals surface area contributed by atoms with E-state index in [1.165, 1.54) is 64.2 Å². The maximum absolute atomic E-state index is 12.6. The van der Waals surface area contributed by atoms with Crippen LogP contribution < -0.4 is 0 Å². The predicted octanol–water partition coefficient (Wildman–Crippen LogP) is 12.2. The van der Waals surface area contributed by atoms with Crippen LogP contribution in [0.2, 0.25) is 0 Å². The van der Waals surface area contributed by atoms with Crippen molar-refractivity contribution < 1.29 is 38.1 Å². The quantitative estimate of drug-likeness (QED) is 0.0401. The Bertz CT molecular complexity index is 1010. The van der Waals surface area contributed by atoms with Gasteiger partial charge in [0.1, 0.15) is 11.8 Å². The molecule has 1 N–H and O–H groups in total. The summed E-state index contributed by atoms with van der Waals surface area (Å²) >= 11 is 0. The number of H-pyrrole nitrogens is 1. The molecule has 1 rings (SSSR count). The highest BCUT2D eigenvalue weighted by Crippen LogP contribution is 2.18. The number of ether oxygens (including phenoxy) is 4. The molecule has 0 fully saturated rings. The van der Waals surface area contributed by atoms with E-state index in [0.29, 0.717) is 57.2 Å². The van der Waals surface area contributed by atoms with Crippen LogP contribution in [0.1, 0.15) is 217 Å². The molecule has 1 aromatic heterocycles. The van der Waals surface area contributed by atoms with Crippen molar-refractivity contribution in [1.82, 2.24) is 4.98 Å². The summed E-state index contributed by atoms with van der Waals surface area (Å²) in [5, 5.41) is 0. The van der Waals surface area contributed by atoms with E-state index in [4.69, 9.17) is 18.9 Å². The fourth-order valence-electron chi connectivity index (χ4n) is 6.59. The zero-order chi connectivity index (χ0) is 39.3. The van der Waals surface area contributed by atoms with Gasteiger partial charge in [0.2, 0.25) is 0 Å². The molecule has 1 aromatic rings. The van der Waals surface area contributed by atoms with Gasteiger partial charge in [0, 0.05) is 31.4 Å². The summed E-state index contributed by atoms with van der Waals surface area (Å²) < 4.78 is 22.6. The molecule has 9 heteroatoms. The molecule has 0 aliphatic rings. The van der Waals surface area contributed by atoms with Gasteiger partial charge in [-0.25, -0.2) is 4.79 Å². The first-order chi connectivity index (χ1) is 26.4. The van der Waals surface area contributed by atoms with E-state index in [1.54, 1.807) is 18.3 Å². The minimum atomic E-state index is -0.346. The Balaban J connectivity index is 2.41. The molecule has 54 heavy (non-hydrogen) atoms. The van der Waals surface area contributed by atoms with Crippen LogP contribution in [0.5, 0.6) is 0 Å². The Kier molecular flexibility index (Phi) is 32.6. The van der Waals surface area contributed by atoms with E-state index in [9.17, 15) is 19.2 Å². The second-order valence-electron chi connectivity index (χ2n) is 15.3. The maximum atomic E-state index is 12.6. The second kappa shape index (κ2) is 35.8. The molecular weight excluding hydrogens is 682 g/mol. The van der Waals surface area contributed by atoms with Crippen molar-refractivity contribution in [2.24, 2.45) is 5.92 Å². The van der Waals surface area contributed by atoms with Crippen LogP contribution in [0.3, 0.4) is 0 Å². The van der Waals surface area contributed by atoms with E-state index >= 15 is 0 Å². The summed E-state index contributed by atoms with van der Waals surface area (Å²) in [7, 11) is 0. The smallest absolute Gasteiger partial charge is 0.355 e. The van der Waals surface area contributed by atoms with Crippen LogP contribution in [0.4, 0.5) is 0 Å². The van der Waals surface area contributed by atoms with Gasteiger partial charge >= 0.3 is 23.9 Å². The van der Waals surface area contributed by atoms with Crippen LogP contribution in [0, 0.1) is 5.92 Å². The summed E-state index contributed by atoms with van der Waals surface area (Å²) in [4.78, 5) is 52.8. The summed E-state index contributed by atoms with van der Waals surface area (Å²) in [5.41, 5.74) is 0.448. The Morgan fingerprint density at radius 3 is 1.44 bits per heavy atom. The fraction of sp³-hybridized carbons (Fsp3) is 0.822. The molecule has 0 spiro atoms. The average molecular weight is 762 g/mol. The third kappa shape index (κ3) is 29.5. The molecular formula is C45H79NO8. The predicted molar refractivity (Wildman–Crippen MR) is 217 cm³/mol. The first-order valence-corrected chi connectivity index (χ1v) is 22.2. The minimum Gasteiger partial charge on any atom is -0.466 e. The zero-order valence-corrected chi connectivity index (χ0v) is 34.8. The number of carbonyl (C=O) groups is 4. The lowest BCUT2D eigenvalue weighted by molar-refractivity contribution is -0.149. The van der Waals surface area contributed by atoms with E-state index in [0.717, 1.165) is 77.0 Å². The number of esters is 4. The molecule has 0 saturated heterocycles. The van der Waals surface area contributed by atoms with E-state index < -0.39 is 0 Å². The van der Waals surface area contributed by atoms with Gasteiger partial charge < -0.3 is 23.9 Å². The third-order valence-electron chi connectivity index (χ3n) is 10.1. The van der Waals surface area contributed by atoms with Crippen LogP contribution in [-0.4, -0.2) is 54.8 Å². The monoisotopic (exact) mass is 762 g/mol.